The smallest absolute Gasteiger partial charge is 0.269 e. The molecule has 0 fully saturated rings. The topological polar surface area (TPSA) is 56.1 Å². The summed E-state index contributed by atoms with van der Waals surface area (Å²) >= 11 is 0. The number of fused-ring (bicyclic) bond motifs is 1. The average Bonchev–Trinajstić information content (AvgIpc) is 2.87. The van der Waals surface area contributed by atoms with E-state index < -0.39 is 0 Å². The molecule has 2 aromatic rings. The molecule has 3 rings (SSSR count). The summed E-state index contributed by atoms with van der Waals surface area (Å²) in [5.41, 5.74) is 1.37. The summed E-state index contributed by atoms with van der Waals surface area (Å²) < 4.78 is 7.40. The van der Waals surface area contributed by atoms with Crippen molar-refractivity contribution in [1.29, 1.82) is 0 Å². The van der Waals surface area contributed by atoms with Gasteiger partial charge in [0, 0.05) is 6.54 Å². The number of carbonyl (C=O) groups is 1. The van der Waals surface area contributed by atoms with Crippen LogP contribution in [0.5, 0.6) is 5.75 Å². The fourth-order valence-corrected chi connectivity index (χ4v) is 2.11. The summed E-state index contributed by atoms with van der Waals surface area (Å²) in [6, 6.07) is 11.5. The fraction of sp³-hybridized carbons (Fsp3) is 0.286. The maximum atomic E-state index is 11.7. The molecule has 1 aromatic heterocycles. The monoisotopic (exact) mass is 257 g/mol. The summed E-state index contributed by atoms with van der Waals surface area (Å²) in [6.07, 6.45) is 0. The lowest BCUT2D eigenvalue weighted by molar-refractivity contribution is 0.0912. The number of hydrogen-bond donors (Lipinski definition) is 1. The third kappa shape index (κ3) is 2.31. The summed E-state index contributed by atoms with van der Waals surface area (Å²) in [5, 5.41) is 7.26. The fourth-order valence-electron chi connectivity index (χ4n) is 2.11. The Hall–Kier alpha value is -2.30. The SMILES string of the molecule is C[C@@H]1CNC(=O)c2cc(COc3ccccc3)nn21. The van der Waals surface area contributed by atoms with Crippen LogP contribution < -0.4 is 10.1 Å². The Kier molecular flexibility index (Phi) is 2.95. The van der Waals surface area contributed by atoms with Crippen LogP contribution in [0, 0.1) is 0 Å². The second-order valence-electron chi connectivity index (χ2n) is 4.63. The molecule has 5 heteroatoms. The molecule has 0 bridgehead atoms. The number of para-hydroxylation sites is 1. The van der Waals surface area contributed by atoms with Crippen LogP contribution >= 0.6 is 0 Å². The standard InChI is InChI=1S/C14H15N3O2/c1-10-8-15-14(18)13-7-11(16-17(10)13)9-19-12-5-3-2-4-6-12/h2-7,10H,8-9H2,1H3,(H,15,18)/t10-/m1/s1. The molecule has 1 N–H and O–H groups in total. The zero-order valence-corrected chi connectivity index (χ0v) is 10.7. The first-order valence-electron chi connectivity index (χ1n) is 6.28. The Morgan fingerprint density at radius 3 is 2.95 bits per heavy atom. The van der Waals surface area contributed by atoms with E-state index in [9.17, 15) is 4.79 Å². The molecular weight excluding hydrogens is 242 g/mol. The van der Waals surface area contributed by atoms with Gasteiger partial charge in [0.25, 0.3) is 5.91 Å². The number of nitrogens with zero attached hydrogens (tertiary/aromatic N) is 2. The van der Waals surface area contributed by atoms with E-state index in [1.807, 2.05) is 37.3 Å². The van der Waals surface area contributed by atoms with Gasteiger partial charge >= 0.3 is 0 Å². The van der Waals surface area contributed by atoms with Crippen molar-refractivity contribution in [1.82, 2.24) is 15.1 Å². The molecule has 1 aliphatic heterocycles. The van der Waals surface area contributed by atoms with Crippen molar-refractivity contribution >= 4 is 5.91 Å². The van der Waals surface area contributed by atoms with Crippen LogP contribution in [0.1, 0.15) is 29.1 Å². The molecule has 0 aliphatic carbocycles. The van der Waals surface area contributed by atoms with Gasteiger partial charge in [-0.25, -0.2) is 0 Å². The maximum Gasteiger partial charge on any atom is 0.269 e. The molecule has 0 spiro atoms. The summed E-state index contributed by atoms with van der Waals surface area (Å²) in [5.74, 6) is 0.725. The minimum absolute atomic E-state index is 0.0726. The van der Waals surface area contributed by atoms with Gasteiger partial charge in [0.1, 0.15) is 23.7 Å². The Morgan fingerprint density at radius 2 is 2.21 bits per heavy atom. The van der Waals surface area contributed by atoms with Gasteiger partial charge in [-0.15, -0.1) is 0 Å². The molecule has 2 heterocycles. The minimum Gasteiger partial charge on any atom is -0.487 e. The van der Waals surface area contributed by atoms with Crippen molar-refractivity contribution in [3.8, 4) is 5.75 Å². The van der Waals surface area contributed by atoms with Crippen LogP contribution in [-0.4, -0.2) is 22.2 Å². The molecule has 19 heavy (non-hydrogen) atoms. The highest BCUT2D eigenvalue weighted by Crippen LogP contribution is 2.17. The number of benzene rings is 1. The van der Waals surface area contributed by atoms with Crippen molar-refractivity contribution < 1.29 is 9.53 Å². The second-order valence-corrected chi connectivity index (χ2v) is 4.63. The molecule has 0 radical (unpaired) electrons. The van der Waals surface area contributed by atoms with Crippen LogP contribution in [0.15, 0.2) is 36.4 Å². The van der Waals surface area contributed by atoms with Gasteiger partial charge in [-0.1, -0.05) is 18.2 Å². The van der Waals surface area contributed by atoms with Gasteiger partial charge in [0.15, 0.2) is 0 Å². The van der Waals surface area contributed by atoms with E-state index in [1.54, 1.807) is 10.7 Å². The van der Waals surface area contributed by atoms with E-state index in [4.69, 9.17) is 4.74 Å². The zero-order valence-electron chi connectivity index (χ0n) is 10.7. The summed E-state index contributed by atoms with van der Waals surface area (Å²) in [4.78, 5) is 11.7. The highest BCUT2D eigenvalue weighted by Gasteiger charge is 2.24. The van der Waals surface area contributed by atoms with Crippen LogP contribution in [0.2, 0.25) is 0 Å². The number of rotatable bonds is 3. The Labute approximate surface area is 111 Å². The maximum absolute atomic E-state index is 11.7. The van der Waals surface area contributed by atoms with Crippen molar-refractivity contribution in [2.45, 2.75) is 19.6 Å². The van der Waals surface area contributed by atoms with Gasteiger partial charge in [-0.05, 0) is 25.1 Å². The van der Waals surface area contributed by atoms with E-state index in [1.165, 1.54) is 0 Å². The molecule has 1 aromatic carbocycles. The normalized spacial score (nSPS) is 17.7. The highest BCUT2D eigenvalue weighted by atomic mass is 16.5. The zero-order chi connectivity index (χ0) is 13.2. The van der Waals surface area contributed by atoms with Gasteiger partial charge in [-0.2, -0.15) is 5.10 Å². The molecule has 0 unspecified atom stereocenters. The number of nitrogens with one attached hydrogen (secondary N) is 1. The van der Waals surface area contributed by atoms with Crippen molar-refractivity contribution in [3.63, 3.8) is 0 Å². The lowest BCUT2D eigenvalue weighted by Gasteiger charge is -2.20. The number of ether oxygens (including phenoxy) is 1. The molecule has 5 nitrogen and oxygen atoms in total. The lowest BCUT2D eigenvalue weighted by atomic mass is 10.2. The quantitative estimate of drug-likeness (QED) is 0.911. The largest absolute Gasteiger partial charge is 0.487 e. The highest BCUT2D eigenvalue weighted by molar-refractivity contribution is 5.93. The van der Waals surface area contributed by atoms with E-state index in [0.29, 0.717) is 18.8 Å². The average molecular weight is 257 g/mol. The summed E-state index contributed by atoms with van der Waals surface area (Å²) in [7, 11) is 0. The molecular formula is C14H15N3O2. The van der Waals surface area contributed by atoms with Gasteiger partial charge in [0.2, 0.25) is 0 Å². The Bertz CT molecular complexity index is 592. The third-order valence-corrected chi connectivity index (χ3v) is 3.12. The van der Waals surface area contributed by atoms with Gasteiger partial charge < -0.3 is 10.1 Å². The first kappa shape index (κ1) is 11.8. The first-order chi connectivity index (χ1) is 9.24. The molecule has 0 saturated carbocycles. The second kappa shape index (κ2) is 4.76. The van der Waals surface area contributed by atoms with Crippen molar-refractivity contribution in [2.75, 3.05) is 6.54 Å². The van der Waals surface area contributed by atoms with Crippen LogP contribution in [0.4, 0.5) is 0 Å². The van der Waals surface area contributed by atoms with E-state index in [-0.39, 0.29) is 11.9 Å². The molecule has 1 aliphatic rings. The number of hydrogen-bond acceptors (Lipinski definition) is 3. The molecule has 0 saturated heterocycles. The van der Waals surface area contributed by atoms with E-state index in [0.717, 1.165) is 11.4 Å². The molecule has 1 atom stereocenters. The Morgan fingerprint density at radius 1 is 1.42 bits per heavy atom. The molecule has 1 amide bonds. The predicted octanol–water partition coefficient (Wildman–Crippen LogP) is 1.77. The van der Waals surface area contributed by atoms with Crippen LogP contribution in [-0.2, 0) is 6.61 Å². The van der Waals surface area contributed by atoms with Crippen LogP contribution in [0.3, 0.4) is 0 Å². The molecule has 98 valence electrons. The number of aromatic nitrogens is 2. The van der Waals surface area contributed by atoms with Gasteiger partial charge in [-0.3, -0.25) is 9.48 Å². The number of amides is 1. The lowest BCUT2D eigenvalue weighted by Crippen LogP contribution is -2.38. The van der Waals surface area contributed by atoms with E-state index >= 15 is 0 Å². The van der Waals surface area contributed by atoms with Gasteiger partial charge in [0.05, 0.1) is 6.04 Å². The predicted molar refractivity (Wildman–Crippen MR) is 70.0 cm³/mol. The Balaban J connectivity index is 1.76. The third-order valence-electron chi connectivity index (χ3n) is 3.12. The minimum atomic E-state index is -0.0726. The van der Waals surface area contributed by atoms with Crippen molar-refractivity contribution in [2.24, 2.45) is 0 Å². The summed E-state index contributed by atoms with van der Waals surface area (Å²) in [6.45, 7) is 3.01. The first-order valence-corrected chi connectivity index (χ1v) is 6.28. The number of carbonyl (C=O) groups excluding carboxylic acids is 1. The van der Waals surface area contributed by atoms with Crippen LogP contribution in [0.25, 0.3) is 0 Å². The van der Waals surface area contributed by atoms with Crippen molar-refractivity contribution in [3.05, 3.63) is 47.8 Å². The van der Waals surface area contributed by atoms with E-state index in [2.05, 4.69) is 10.4 Å².